The van der Waals surface area contributed by atoms with E-state index in [4.69, 9.17) is 16.0 Å². The highest BCUT2D eigenvalue weighted by molar-refractivity contribution is 6.30. The van der Waals surface area contributed by atoms with Crippen molar-refractivity contribution in [3.8, 4) is 11.5 Å². The number of rotatable bonds is 5. The number of nitrogens with zero attached hydrogens (tertiary/aromatic N) is 2. The van der Waals surface area contributed by atoms with Crippen molar-refractivity contribution in [1.29, 1.82) is 0 Å². The number of carbonyl (C=O) groups excluding carboxylic acids is 1. The quantitative estimate of drug-likeness (QED) is 0.743. The summed E-state index contributed by atoms with van der Waals surface area (Å²) < 4.78 is 18.9. The van der Waals surface area contributed by atoms with Crippen molar-refractivity contribution < 1.29 is 13.6 Å². The van der Waals surface area contributed by atoms with E-state index in [1.165, 1.54) is 24.3 Å². The Morgan fingerprint density at radius 2 is 2.04 bits per heavy atom. The van der Waals surface area contributed by atoms with Gasteiger partial charge in [0.15, 0.2) is 0 Å². The molecule has 0 aliphatic rings. The van der Waals surface area contributed by atoms with Crippen LogP contribution in [0.25, 0.3) is 11.5 Å². The lowest BCUT2D eigenvalue weighted by molar-refractivity contribution is -0.122. The molecule has 0 aliphatic heterocycles. The largest absolute Gasteiger partial charge is 0.437 e. The minimum atomic E-state index is -0.769. The van der Waals surface area contributed by atoms with E-state index in [2.05, 4.69) is 10.4 Å². The molecule has 26 heavy (non-hydrogen) atoms. The van der Waals surface area contributed by atoms with Crippen LogP contribution in [0.15, 0.2) is 57.7 Å². The van der Waals surface area contributed by atoms with Crippen molar-refractivity contribution in [3.05, 3.63) is 75.5 Å². The zero-order valence-electron chi connectivity index (χ0n) is 13.8. The fourth-order valence-corrected chi connectivity index (χ4v) is 2.60. The molecule has 1 N–H and O–H groups in total. The zero-order chi connectivity index (χ0) is 18.7. The Labute approximate surface area is 153 Å². The summed E-state index contributed by atoms with van der Waals surface area (Å²) in [6, 6.07) is 12.2. The maximum absolute atomic E-state index is 13.0. The molecular weight excluding hydrogens is 361 g/mol. The van der Waals surface area contributed by atoms with Crippen molar-refractivity contribution in [3.63, 3.8) is 0 Å². The molecule has 0 fully saturated rings. The second kappa shape index (κ2) is 7.53. The third-order valence-electron chi connectivity index (χ3n) is 3.72. The Hall–Kier alpha value is -2.93. The molecule has 2 aromatic carbocycles. The van der Waals surface area contributed by atoms with Gasteiger partial charge in [0.2, 0.25) is 11.8 Å². The minimum Gasteiger partial charge on any atom is -0.388 e. The van der Waals surface area contributed by atoms with Crippen LogP contribution in [-0.4, -0.2) is 15.7 Å². The van der Waals surface area contributed by atoms with E-state index < -0.39 is 17.5 Å². The molecule has 0 saturated carbocycles. The smallest absolute Gasteiger partial charge is 0.388 e. The maximum Gasteiger partial charge on any atom is 0.437 e. The molecule has 1 atom stereocenters. The highest BCUT2D eigenvalue weighted by Crippen LogP contribution is 2.18. The van der Waals surface area contributed by atoms with E-state index in [1.807, 2.05) is 6.07 Å². The number of hydrogen-bond acceptors (Lipinski definition) is 4. The highest BCUT2D eigenvalue weighted by Gasteiger charge is 2.15. The van der Waals surface area contributed by atoms with Crippen molar-refractivity contribution in [2.24, 2.45) is 0 Å². The molecule has 1 aromatic heterocycles. The van der Waals surface area contributed by atoms with Crippen LogP contribution >= 0.6 is 11.6 Å². The normalized spacial score (nSPS) is 12.0. The molecule has 1 amide bonds. The first-order chi connectivity index (χ1) is 12.4. The van der Waals surface area contributed by atoms with Gasteiger partial charge in [-0.25, -0.2) is 9.18 Å². The van der Waals surface area contributed by atoms with Gasteiger partial charge in [-0.2, -0.15) is 4.68 Å². The highest BCUT2D eigenvalue weighted by atomic mass is 35.5. The van der Waals surface area contributed by atoms with Gasteiger partial charge >= 0.3 is 5.76 Å². The first kappa shape index (κ1) is 17.9. The molecule has 0 aliphatic carbocycles. The molecule has 3 rings (SSSR count). The Kier molecular flexibility index (Phi) is 5.18. The standard InChI is InChI=1S/C18H15ClFN3O3/c1-11(13-3-2-4-14(19)9-13)21-16(24)10-23-18(25)26-17(22-23)12-5-7-15(20)8-6-12/h2-9,11H,10H2,1H3,(H,21,24)/t11-/m0/s1. The second-order valence-corrected chi connectivity index (χ2v) is 6.12. The van der Waals surface area contributed by atoms with Crippen LogP contribution in [0.4, 0.5) is 4.39 Å². The summed E-state index contributed by atoms with van der Waals surface area (Å²) >= 11 is 5.94. The molecule has 8 heteroatoms. The van der Waals surface area contributed by atoms with Crippen molar-refractivity contribution in [2.75, 3.05) is 0 Å². The topological polar surface area (TPSA) is 77.1 Å². The van der Waals surface area contributed by atoms with Gasteiger partial charge in [0.1, 0.15) is 12.4 Å². The van der Waals surface area contributed by atoms with Gasteiger partial charge in [-0.1, -0.05) is 23.7 Å². The summed E-state index contributed by atoms with van der Waals surface area (Å²) in [5.41, 5.74) is 1.28. The van der Waals surface area contributed by atoms with Crippen LogP contribution in [0.3, 0.4) is 0 Å². The van der Waals surface area contributed by atoms with Crippen LogP contribution < -0.4 is 11.1 Å². The average molecular weight is 376 g/mol. The van der Waals surface area contributed by atoms with Gasteiger partial charge in [0, 0.05) is 10.6 Å². The fourth-order valence-electron chi connectivity index (χ4n) is 2.40. The number of hydrogen-bond donors (Lipinski definition) is 1. The first-order valence-electron chi connectivity index (χ1n) is 7.81. The zero-order valence-corrected chi connectivity index (χ0v) is 14.5. The van der Waals surface area contributed by atoms with E-state index in [1.54, 1.807) is 25.1 Å². The van der Waals surface area contributed by atoms with Crippen LogP contribution in [0.5, 0.6) is 0 Å². The van der Waals surface area contributed by atoms with Crippen LogP contribution in [0.1, 0.15) is 18.5 Å². The van der Waals surface area contributed by atoms with Gasteiger partial charge < -0.3 is 9.73 Å². The van der Waals surface area contributed by atoms with E-state index in [9.17, 15) is 14.0 Å². The maximum atomic E-state index is 13.0. The Morgan fingerprint density at radius 3 is 2.73 bits per heavy atom. The van der Waals surface area contributed by atoms with Gasteiger partial charge in [-0.3, -0.25) is 4.79 Å². The molecule has 0 saturated heterocycles. The lowest BCUT2D eigenvalue weighted by Crippen LogP contribution is -2.33. The number of carbonyl (C=O) groups is 1. The van der Waals surface area contributed by atoms with E-state index in [-0.39, 0.29) is 18.5 Å². The molecule has 0 bridgehead atoms. The monoisotopic (exact) mass is 375 g/mol. The molecule has 1 heterocycles. The van der Waals surface area contributed by atoms with Crippen molar-refractivity contribution in [1.82, 2.24) is 15.1 Å². The van der Waals surface area contributed by atoms with Crippen LogP contribution in [0.2, 0.25) is 5.02 Å². The third kappa shape index (κ3) is 4.18. The summed E-state index contributed by atoms with van der Waals surface area (Å²) in [6.45, 7) is 1.51. The summed E-state index contributed by atoms with van der Waals surface area (Å²) in [7, 11) is 0. The van der Waals surface area contributed by atoms with Crippen molar-refractivity contribution >= 4 is 17.5 Å². The molecule has 0 spiro atoms. The summed E-state index contributed by atoms with van der Waals surface area (Å²) in [6.07, 6.45) is 0. The first-order valence-corrected chi connectivity index (χ1v) is 8.19. The van der Waals surface area contributed by atoms with Crippen molar-refractivity contribution in [2.45, 2.75) is 19.5 Å². The summed E-state index contributed by atoms with van der Waals surface area (Å²) in [4.78, 5) is 24.1. The predicted octanol–water partition coefficient (Wildman–Crippen LogP) is 3.17. The molecule has 3 aromatic rings. The molecule has 0 unspecified atom stereocenters. The number of benzene rings is 2. The Balaban J connectivity index is 1.69. The molecule has 6 nitrogen and oxygen atoms in total. The number of aromatic nitrogens is 2. The number of amides is 1. The molecule has 0 radical (unpaired) electrons. The van der Waals surface area contributed by atoms with Gasteiger partial charge in [-0.05, 0) is 48.9 Å². The van der Waals surface area contributed by atoms with E-state index in [0.717, 1.165) is 10.2 Å². The van der Waals surface area contributed by atoms with Gasteiger partial charge in [0.05, 0.1) is 6.04 Å². The van der Waals surface area contributed by atoms with Gasteiger partial charge in [0.25, 0.3) is 0 Å². The average Bonchev–Trinajstić information content (AvgIpc) is 2.96. The lowest BCUT2D eigenvalue weighted by atomic mass is 10.1. The SMILES string of the molecule is C[C@H](NC(=O)Cn1nc(-c2ccc(F)cc2)oc1=O)c1cccc(Cl)c1. The molecule has 134 valence electrons. The second-order valence-electron chi connectivity index (χ2n) is 5.68. The minimum absolute atomic E-state index is 0.0192. The summed E-state index contributed by atoms with van der Waals surface area (Å²) in [5, 5.41) is 7.31. The van der Waals surface area contributed by atoms with E-state index in [0.29, 0.717) is 10.6 Å². The lowest BCUT2D eigenvalue weighted by Gasteiger charge is -2.14. The summed E-state index contributed by atoms with van der Waals surface area (Å²) in [5.74, 6) is -1.57. The predicted molar refractivity (Wildman–Crippen MR) is 94.2 cm³/mol. The van der Waals surface area contributed by atoms with E-state index >= 15 is 0 Å². The number of halogens is 2. The Bertz CT molecular complexity index is 982. The van der Waals surface area contributed by atoms with Crippen LogP contribution in [0, 0.1) is 5.82 Å². The number of nitrogens with one attached hydrogen (secondary N) is 1. The molecular formula is C18H15ClFN3O3. The third-order valence-corrected chi connectivity index (χ3v) is 3.95. The van der Waals surface area contributed by atoms with Crippen LogP contribution in [-0.2, 0) is 11.3 Å². The van der Waals surface area contributed by atoms with Gasteiger partial charge in [-0.15, -0.1) is 5.10 Å². The fraction of sp³-hybridized carbons (Fsp3) is 0.167. The Morgan fingerprint density at radius 1 is 1.31 bits per heavy atom.